The lowest BCUT2D eigenvalue weighted by atomic mass is 10.1. The minimum Gasteiger partial charge on any atom is -0.463 e. The first kappa shape index (κ1) is 9.47. The molecule has 0 unspecified atom stereocenters. The topological polar surface area (TPSA) is 34.4 Å². The summed E-state index contributed by atoms with van der Waals surface area (Å²) in [6.45, 7) is 3.90. The Morgan fingerprint density at radius 3 is 2.50 bits per heavy atom. The van der Waals surface area contributed by atoms with Gasteiger partial charge in [-0.05, 0) is 6.42 Å². The molecular weight excluding hydrogens is 128 g/mol. The van der Waals surface area contributed by atoms with E-state index in [4.69, 9.17) is 0 Å². The second-order valence-corrected chi connectivity index (χ2v) is 2.60. The summed E-state index contributed by atoms with van der Waals surface area (Å²) in [6, 6.07) is 0. The summed E-state index contributed by atoms with van der Waals surface area (Å²) < 4.78 is 3.80. The van der Waals surface area contributed by atoms with Crippen molar-refractivity contribution < 1.29 is 9.83 Å². The van der Waals surface area contributed by atoms with Gasteiger partial charge in [0.2, 0.25) is 0 Å². The highest BCUT2D eigenvalue weighted by Crippen LogP contribution is 2.02. The van der Waals surface area contributed by atoms with E-state index in [9.17, 15) is 5.26 Å². The van der Waals surface area contributed by atoms with Crippen molar-refractivity contribution in [2.75, 3.05) is 0 Å². The van der Waals surface area contributed by atoms with Crippen molar-refractivity contribution >= 4 is 5.78 Å². The van der Waals surface area contributed by atoms with Gasteiger partial charge < -0.3 is 5.26 Å². The minimum atomic E-state index is 0.608. The number of carbonyl (C=O) groups excluding carboxylic acids is 1. The highest BCUT2D eigenvalue weighted by atomic mass is 17.1. The summed E-state index contributed by atoms with van der Waals surface area (Å²) in [7, 11) is 0. The van der Waals surface area contributed by atoms with Crippen LogP contribution in [0.1, 0.15) is 46.0 Å². The van der Waals surface area contributed by atoms with Crippen molar-refractivity contribution in [3.8, 4) is 0 Å². The quantitative estimate of drug-likeness (QED) is 0.248. The summed E-state index contributed by atoms with van der Waals surface area (Å²) in [4.78, 5) is 0. The zero-order valence-electron chi connectivity index (χ0n) is 6.85. The fourth-order valence-corrected chi connectivity index (χ4v) is 0.842. The van der Waals surface area contributed by atoms with E-state index in [2.05, 4.69) is 11.5 Å². The number of hydrogen-bond acceptors (Lipinski definition) is 1. The Hall–Kier alpha value is -0.530. The molecular formula is C8H16O2. The molecule has 0 aliphatic heterocycles. The van der Waals surface area contributed by atoms with Crippen LogP contribution in [0.5, 0.6) is 0 Å². The lowest BCUT2D eigenvalue weighted by Gasteiger charge is -1.92. The van der Waals surface area contributed by atoms with Gasteiger partial charge in [0.25, 0.3) is 0 Å². The van der Waals surface area contributed by atoms with Gasteiger partial charge in [0.1, 0.15) is 0 Å². The largest absolute Gasteiger partial charge is 0.463 e. The average Bonchev–Trinajstić information content (AvgIpc) is 1.98. The summed E-state index contributed by atoms with van der Waals surface area (Å²) >= 11 is 0. The molecule has 0 fully saturated rings. The average molecular weight is 144 g/mol. The maximum absolute atomic E-state index is 9.76. The Bertz CT molecular complexity index is 97.4. The number of hydrogen-bond donors (Lipinski definition) is 0. The molecule has 0 aromatic heterocycles. The molecule has 0 N–H and O–H groups in total. The second kappa shape index (κ2) is 6.59. The summed E-state index contributed by atoms with van der Waals surface area (Å²) in [6.07, 6.45) is 5.60. The Balaban J connectivity index is 3.04. The Morgan fingerprint density at radius 1 is 1.30 bits per heavy atom. The number of unbranched alkanes of at least 4 members (excludes halogenated alkanes) is 3. The van der Waals surface area contributed by atoms with E-state index in [1.54, 1.807) is 6.92 Å². The standard InChI is InChI=1S/C8H16O2/c1-3-4-5-6-7-8(2)10-9/h3-7H2,1-2H3. The van der Waals surface area contributed by atoms with Gasteiger partial charge in [-0.2, -0.15) is 4.58 Å². The molecule has 0 aliphatic rings. The zero-order valence-corrected chi connectivity index (χ0v) is 6.85. The van der Waals surface area contributed by atoms with E-state index in [0.29, 0.717) is 5.78 Å². The van der Waals surface area contributed by atoms with Crippen LogP contribution in [0.25, 0.3) is 0 Å². The molecule has 0 atom stereocenters. The predicted molar refractivity (Wildman–Crippen MR) is 39.4 cm³/mol. The highest BCUT2D eigenvalue weighted by Gasteiger charge is 2.00. The maximum atomic E-state index is 9.76. The molecule has 0 aromatic rings. The van der Waals surface area contributed by atoms with Crippen molar-refractivity contribution in [3.63, 3.8) is 0 Å². The highest BCUT2D eigenvalue weighted by molar-refractivity contribution is 5.75. The summed E-state index contributed by atoms with van der Waals surface area (Å²) in [5.41, 5.74) is 0. The van der Waals surface area contributed by atoms with E-state index >= 15 is 0 Å². The molecule has 0 aromatic carbocycles. The molecule has 0 rings (SSSR count). The van der Waals surface area contributed by atoms with Crippen LogP contribution in [0.4, 0.5) is 0 Å². The Kier molecular flexibility index (Phi) is 6.24. The fourth-order valence-electron chi connectivity index (χ4n) is 0.842. The van der Waals surface area contributed by atoms with Gasteiger partial charge in [-0.25, -0.2) is 0 Å². The number of ketones is 1. The van der Waals surface area contributed by atoms with Crippen molar-refractivity contribution in [2.45, 2.75) is 46.0 Å². The van der Waals surface area contributed by atoms with Gasteiger partial charge in [-0.1, -0.05) is 26.2 Å². The second-order valence-electron chi connectivity index (χ2n) is 2.60. The molecule has 0 amide bonds. The lowest BCUT2D eigenvalue weighted by Crippen LogP contribution is -2.05. The van der Waals surface area contributed by atoms with Gasteiger partial charge >= 0.3 is 5.78 Å². The van der Waals surface area contributed by atoms with E-state index in [0.717, 1.165) is 12.8 Å². The van der Waals surface area contributed by atoms with Crippen LogP contribution < -0.4 is 5.26 Å². The van der Waals surface area contributed by atoms with Gasteiger partial charge in [0.15, 0.2) is 0 Å². The lowest BCUT2D eigenvalue weighted by molar-refractivity contribution is -1.05. The molecule has 0 spiro atoms. The predicted octanol–water partition coefficient (Wildman–Crippen LogP) is 1.36. The zero-order chi connectivity index (χ0) is 7.82. The molecule has 60 valence electrons. The van der Waals surface area contributed by atoms with E-state index in [-0.39, 0.29) is 0 Å². The van der Waals surface area contributed by atoms with Gasteiger partial charge in [0.05, 0.1) is 13.3 Å². The third kappa shape index (κ3) is 5.60. The summed E-state index contributed by atoms with van der Waals surface area (Å²) in [5, 5.41) is 9.76. The van der Waals surface area contributed by atoms with Gasteiger partial charge in [-0.3, -0.25) is 0 Å². The molecule has 0 bridgehead atoms. The van der Waals surface area contributed by atoms with E-state index in [1.165, 1.54) is 19.3 Å². The maximum Gasteiger partial charge on any atom is 0.326 e. The van der Waals surface area contributed by atoms with Crippen molar-refractivity contribution in [1.29, 1.82) is 0 Å². The van der Waals surface area contributed by atoms with Gasteiger partial charge in [0, 0.05) is 0 Å². The SMILES string of the molecule is CCCCCCC(C)=[O+][O-]. The molecule has 0 saturated heterocycles. The van der Waals surface area contributed by atoms with Crippen molar-refractivity contribution in [2.24, 2.45) is 0 Å². The fraction of sp³-hybridized carbons (Fsp3) is 0.875. The smallest absolute Gasteiger partial charge is 0.326 e. The third-order valence-electron chi connectivity index (χ3n) is 1.52. The van der Waals surface area contributed by atoms with Crippen LogP contribution in [0, 0.1) is 0 Å². The third-order valence-corrected chi connectivity index (χ3v) is 1.52. The molecule has 2 heteroatoms. The van der Waals surface area contributed by atoms with Crippen LogP contribution in [0.15, 0.2) is 0 Å². The van der Waals surface area contributed by atoms with Crippen LogP contribution in [-0.4, -0.2) is 5.78 Å². The summed E-state index contributed by atoms with van der Waals surface area (Å²) in [5.74, 6) is 0.608. The number of rotatable bonds is 5. The first-order chi connectivity index (χ1) is 4.81. The van der Waals surface area contributed by atoms with Crippen LogP contribution in [-0.2, 0) is 4.58 Å². The van der Waals surface area contributed by atoms with E-state index < -0.39 is 0 Å². The first-order valence-electron chi connectivity index (χ1n) is 3.93. The monoisotopic (exact) mass is 144 g/mol. The van der Waals surface area contributed by atoms with E-state index in [1.807, 2.05) is 0 Å². The molecule has 0 saturated carbocycles. The van der Waals surface area contributed by atoms with Crippen molar-refractivity contribution in [3.05, 3.63) is 0 Å². The molecule has 10 heavy (non-hydrogen) atoms. The van der Waals surface area contributed by atoms with Gasteiger partial charge in [-0.15, -0.1) is 0 Å². The van der Waals surface area contributed by atoms with Crippen LogP contribution >= 0.6 is 0 Å². The minimum absolute atomic E-state index is 0.608. The molecule has 0 radical (unpaired) electrons. The van der Waals surface area contributed by atoms with Crippen molar-refractivity contribution in [1.82, 2.24) is 0 Å². The first-order valence-corrected chi connectivity index (χ1v) is 3.93. The normalized spacial score (nSPS) is 12.0. The van der Waals surface area contributed by atoms with Crippen LogP contribution in [0.2, 0.25) is 0 Å². The van der Waals surface area contributed by atoms with Crippen LogP contribution in [0.3, 0.4) is 0 Å². The molecule has 2 nitrogen and oxygen atoms in total. The molecule has 0 aliphatic carbocycles. The Labute approximate surface area is 62.5 Å². The Morgan fingerprint density at radius 2 is 2.00 bits per heavy atom. The molecule has 0 heterocycles.